The highest BCUT2D eigenvalue weighted by Gasteiger charge is 2.81. The first-order valence-corrected chi connectivity index (χ1v) is 6.93. The molecule has 22 heavy (non-hydrogen) atoms. The Labute approximate surface area is 126 Å². The Hall–Kier alpha value is -2.44. The highest BCUT2D eigenvalue weighted by atomic mass is 16.4. The second-order valence-electron chi connectivity index (χ2n) is 6.24. The number of hydrogen-bond donors (Lipinski definition) is 2. The van der Waals surface area contributed by atoms with Crippen LogP contribution in [-0.4, -0.2) is 51.0 Å². The average Bonchev–Trinajstić information content (AvgIpc) is 3.00. The normalized spacial score (nSPS) is 29.1. The van der Waals surface area contributed by atoms with Gasteiger partial charge in [-0.25, -0.2) is 0 Å². The van der Waals surface area contributed by atoms with Gasteiger partial charge in [0.15, 0.2) is 0 Å². The maximum atomic E-state index is 12.5. The van der Waals surface area contributed by atoms with E-state index >= 15 is 0 Å². The number of rotatable bonds is 3. The van der Waals surface area contributed by atoms with Gasteiger partial charge in [0, 0.05) is 25.0 Å². The molecule has 3 rings (SSSR count). The summed E-state index contributed by atoms with van der Waals surface area (Å²) in [5.41, 5.74) is -0.671. The van der Waals surface area contributed by atoms with Crippen LogP contribution in [0.5, 0.6) is 0 Å². The molecule has 0 spiro atoms. The fourth-order valence-corrected chi connectivity index (χ4v) is 3.38. The van der Waals surface area contributed by atoms with E-state index in [4.69, 9.17) is 0 Å². The van der Waals surface area contributed by atoms with Crippen LogP contribution < -0.4 is 0 Å². The zero-order valence-electron chi connectivity index (χ0n) is 12.3. The Balaban J connectivity index is 1.89. The van der Waals surface area contributed by atoms with Crippen molar-refractivity contribution >= 4 is 17.8 Å². The first-order chi connectivity index (χ1) is 10.2. The van der Waals surface area contributed by atoms with E-state index in [1.807, 2.05) is 13.8 Å². The highest BCUT2D eigenvalue weighted by molar-refractivity contribution is 5.99. The van der Waals surface area contributed by atoms with Gasteiger partial charge in [-0.2, -0.15) is 0 Å². The van der Waals surface area contributed by atoms with Crippen LogP contribution in [0, 0.1) is 24.7 Å². The zero-order valence-corrected chi connectivity index (χ0v) is 12.3. The van der Waals surface area contributed by atoms with E-state index in [0.717, 1.165) is 11.3 Å². The standard InChI is InChI=1S/C15H16N2O5/c1-8-3-10(4-16-9(8)2)11(18)17-6-14(12(19)20)5-15(14,7-17)13(21)22/h3-4H,5-7H2,1-2H3,(H,19,20)(H,21,22)/t14-,15+. The quantitative estimate of drug-likeness (QED) is 0.851. The van der Waals surface area contributed by atoms with Crippen LogP contribution in [0.4, 0.5) is 0 Å². The molecule has 1 aliphatic carbocycles. The molecule has 1 aromatic rings. The van der Waals surface area contributed by atoms with Crippen molar-refractivity contribution in [1.82, 2.24) is 9.88 Å². The van der Waals surface area contributed by atoms with Gasteiger partial charge in [-0.05, 0) is 31.9 Å². The fourth-order valence-electron chi connectivity index (χ4n) is 3.38. The molecule has 2 aliphatic rings. The third-order valence-corrected chi connectivity index (χ3v) is 5.01. The second-order valence-corrected chi connectivity index (χ2v) is 6.24. The molecule has 0 radical (unpaired) electrons. The molecule has 2 fully saturated rings. The van der Waals surface area contributed by atoms with Crippen molar-refractivity contribution in [2.75, 3.05) is 13.1 Å². The lowest BCUT2D eigenvalue weighted by molar-refractivity contribution is -0.151. The summed E-state index contributed by atoms with van der Waals surface area (Å²) in [5.74, 6) is -2.67. The van der Waals surface area contributed by atoms with Crippen LogP contribution in [0.15, 0.2) is 12.3 Å². The van der Waals surface area contributed by atoms with Gasteiger partial charge in [-0.15, -0.1) is 0 Å². The average molecular weight is 304 g/mol. The molecule has 2 heterocycles. The van der Waals surface area contributed by atoms with Gasteiger partial charge in [-0.1, -0.05) is 0 Å². The molecule has 116 valence electrons. The number of aromatic nitrogens is 1. The third kappa shape index (κ3) is 1.68. The summed E-state index contributed by atoms with van der Waals surface area (Å²) in [5, 5.41) is 18.7. The molecule has 7 nitrogen and oxygen atoms in total. The van der Waals surface area contributed by atoms with Crippen molar-refractivity contribution in [2.45, 2.75) is 20.3 Å². The maximum absolute atomic E-state index is 12.5. The van der Waals surface area contributed by atoms with E-state index in [2.05, 4.69) is 4.98 Å². The van der Waals surface area contributed by atoms with Crippen molar-refractivity contribution in [3.05, 3.63) is 29.1 Å². The van der Waals surface area contributed by atoms with Gasteiger partial charge in [0.2, 0.25) is 0 Å². The van der Waals surface area contributed by atoms with Gasteiger partial charge in [-0.3, -0.25) is 19.4 Å². The van der Waals surface area contributed by atoms with Crippen LogP contribution in [0.1, 0.15) is 28.0 Å². The predicted molar refractivity (Wildman–Crippen MR) is 74.4 cm³/mol. The van der Waals surface area contributed by atoms with E-state index in [-0.39, 0.29) is 25.4 Å². The number of aliphatic carboxylic acids is 2. The molecule has 0 aromatic carbocycles. The molecule has 2 N–H and O–H groups in total. The number of amides is 1. The highest BCUT2D eigenvalue weighted by Crippen LogP contribution is 2.68. The Kier molecular flexibility index (Phi) is 2.82. The van der Waals surface area contributed by atoms with Crippen molar-refractivity contribution in [3.8, 4) is 0 Å². The third-order valence-electron chi connectivity index (χ3n) is 5.01. The summed E-state index contributed by atoms with van der Waals surface area (Å²) >= 11 is 0. The summed E-state index contributed by atoms with van der Waals surface area (Å²) < 4.78 is 0. The molecule has 1 saturated heterocycles. The summed E-state index contributed by atoms with van der Waals surface area (Å²) in [6.07, 6.45) is 1.52. The lowest BCUT2D eigenvalue weighted by Gasteiger charge is -2.20. The van der Waals surface area contributed by atoms with Gasteiger partial charge < -0.3 is 15.1 Å². The fraction of sp³-hybridized carbons (Fsp3) is 0.467. The monoisotopic (exact) mass is 304 g/mol. The van der Waals surface area contributed by atoms with Gasteiger partial charge in [0.05, 0.1) is 5.56 Å². The number of carbonyl (C=O) groups is 3. The van der Waals surface area contributed by atoms with Gasteiger partial charge >= 0.3 is 11.9 Å². The smallest absolute Gasteiger partial charge is 0.312 e. The molecular weight excluding hydrogens is 288 g/mol. The summed E-state index contributed by atoms with van der Waals surface area (Å²) in [6.45, 7) is 3.52. The summed E-state index contributed by atoms with van der Waals surface area (Å²) in [4.78, 5) is 40.9. The molecule has 1 saturated carbocycles. The van der Waals surface area contributed by atoms with Crippen LogP contribution in [0.2, 0.25) is 0 Å². The Morgan fingerprint density at radius 1 is 1.14 bits per heavy atom. The Morgan fingerprint density at radius 2 is 1.68 bits per heavy atom. The van der Waals surface area contributed by atoms with E-state index in [1.165, 1.54) is 11.1 Å². The van der Waals surface area contributed by atoms with Crippen LogP contribution in [0.25, 0.3) is 0 Å². The predicted octanol–water partition coefficient (Wildman–Crippen LogP) is 0.700. The number of aryl methyl sites for hydroxylation is 2. The van der Waals surface area contributed by atoms with E-state index in [1.54, 1.807) is 6.07 Å². The molecule has 1 aromatic heterocycles. The van der Waals surface area contributed by atoms with Gasteiger partial charge in [0.25, 0.3) is 5.91 Å². The van der Waals surface area contributed by atoms with Crippen molar-refractivity contribution in [1.29, 1.82) is 0 Å². The minimum Gasteiger partial charge on any atom is -0.481 e. The topological polar surface area (TPSA) is 108 Å². The Morgan fingerprint density at radius 3 is 2.14 bits per heavy atom. The SMILES string of the molecule is Cc1cc(C(=O)N2C[C@@]3(C(=O)O)C[C@@]3(C(=O)O)C2)cnc1C. The van der Waals surface area contributed by atoms with Gasteiger partial charge in [0.1, 0.15) is 10.8 Å². The van der Waals surface area contributed by atoms with Crippen LogP contribution in [0.3, 0.4) is 0 Å². The van der Waals surface area contributed by atoms with E-state index in [0.29, 0.717) is 5.56 Å². The molecule has 0 bridgehead atoms. The van der Waals surface area contributed by atoms with E-state index in [9.17, 15) is 24.6 Å². The van der Waals surface area contributed by atoms with Crippen LogP contribution in [-0.2, 0) is 9.59 Å². The maximum Gasteiger partial charge on any atom is 0.312 e. The molecular formula is C15H16N2O5. The molecule has 1 aliphatic heterocycles. The zero-order chi connectivity index (χ0) is 16.3. The van der Waals surface area contributed by atoms with Crippen LogP contribution >= 0.6 is 0 Å². The minimum absolute atomic E-state index is 0.0691. The minimum atomic E-state index is -1.35. The first-order valence-electron chi connectivity index (χ1n) is 6.93. The first kappa shape index (κ1) is 14.5. The molecule has 7 heteroatoms. The van der Waals surface area contributed by atoms with Crippen molar-refractivity contribution in [3.63, 3.8) is 0 Å². The number of pyridine rings is 1. The largest absolute Gasteiger partial charge is 0.481 e. The number of likely N-dealkylation sites (tertiary alicyclic amines) is 1. The van der Waals surface area contributed by atoms with Crippen molar-refractivity contribution < 1.29 is 24.6 Å². The van der Waals surface area contributed by atoms with Crippen molar-refractivity contribution in [2.24, 2.45) is 10.8 Å². The Bertz CT molecular complexity index is 688. The van der Waals surface area contributed by atoms with E-state index < -0.39 is 22.8 Å². The number of carboxylic acid groups (broad SMARTS) is 2. The second kappa shape index (κ2) is 4.28. The summed E-state index contributed by atoms with van der Waals surface area (Å²) in [7, 11) is 0. The number of carboxylic acids is 2. The number of hydrogen-bond acceptors (Lipinski definition) is 4. The molecule has 0 unspecified atom stereocenters. The molecule has 2 atom stereocenters. The lowest BCUT2D eigenvalue weighted by atomic mass is 9.97. The number of nitrogens with zero attached hydrogens (tertiary/aromatic N) is 2. The molecule has 1 amide bonds. The number of fused-ring (bicyclic) bond motifs is 1. The summed E-state index contributed by atoms with van der Waals surface area (Å²) in [6, 6.07) is 1.69. The number of carbonyl (C=O) groups excluding carboxylic acids is 1. The lowest BCUT2D eigenvalue weighted by Crippen LogP contribution is -2.34. The number of piperidine rings is 1.